The van der Waals surface area contributed by atoms with Crippen LogP contribution < -0.4 is 4.74 Å². The van der Waals surface area contributed by atoms with Gasteiger partial charge in [0.05, 0.1) is 12.0 Å². The Bertz CT molecular complexity index is 453. The van der Waals surface area contributed by atoms with Gasteiger partial charge in [-0.3, -0.25) is 9.46 Å². The van der Waals surface area contributed by atoms with E-state index >= 15 is 0 Å². The first-order chi connectivity index (χ1) is 9.19. The second kappa shape index (κ2) is 6.02. The molecule has 2 aliphatic rings. The van der Waals surface area contributed by atoms with E-state index in [9.17, 15) is 4.79 Å². The molecule has 3 nitrogen and oxygen atoms in total. The number of ketones is 1. The lowest BCUT2D eigenvalue weighted by Gasteiger charge is -2.42. The SMILES string of the molecule is CC.O=C1CC2(CCN(P)CC2)Oc2ccccc21. The van der Waals surface area contributed by atoms with Gasteiger partial charge in [-0.05, 0) is 12.1 Å². The van der Waals surface area contributed by atoms with Crippen LogP contribution in [-0.2, 0) is 0 Å². The highest BCUT2D eigenvalue weighted by molar-refractivity contribution is 7.13. The van der Waals surface area contributed by atoms with E-state index in [4.69, 9.17) is 4.74 Å². The first-order valence-corrected chi connectivity index (χ1v) is 7.51. The van der Waals surface area contributed by atoms with Gasteiger partial charge in [-0.25, -0.2) is 0 Å². The maximum atomic E-state index is 12.1. The molecule has 1 unspecified atom stereocenters. The molecule has 19 heavy (non-hydrogen) atoms. The Morgan fingerprint density at radius 2 is 1.84 bits per heavy atom. The van der Waals surface area contributed by atoms with Gasteiger partial charge < -0.3 is 4.74 Å². The number of para-hydroxylation sites is 1. The van der Waals surface area contributed by atoms with Crippen molar-refractivity contribution in [2.45, 2.75) is 38.7 Å². The second-order valence-corrected chi connectivity index (χ2v) is 5.65. The summed E-state index contributed by atoms with van der Waals surface area (Å²) in [5.41, 5.74) is 0.491. The topological polar surface area (TPSA) is 29.5 Å². The molecule has 0 N–H and O–H groups in total. The molecule has 1 aromatic rings. The van der Waals surface area contributed by atoms with Gasteiger partial charge in [0, 0.05) is 25.9 Å². The zero-order valence-corrected chi connectivity index (χ0v) is 12.8. The normalized spacial score (nSPS) is 21.1. The predicted molar refractivity (Wildman–Crippen MR) is 80.6 cm³/mol. The first kappa shape index (κ1) is 14.5. The van der Waals surface area contributed by atoms with E-state index in [1.807, 2.05) is 38.1 Å². The van der Waals surface area contributed by atoms with E-state index in [0.29, 0.717) is 6.42 Å². The van der Waals surface area contributed by atoms with Crippen molar-refractivity contribution in [2.75, 3.05) is 13.1 Å². The van der Waals surface area contributed by atoms with Gasteiger partial charge in [0.25, 0.3) is 0 Å². The molecule has 3 rings (SSSR count). The van der Waals surface area contributed by atoms with Crippen LogP contribution >= 0.6 is 9.39 Å². The van der Waals surface area contributed by atoms with Crippen LogP contribution in [0.1, 0.15) is 43.5 Å². The summed E-state index contributed by atoms with van der Waals surface area (Å²) in [6.45, 7) is 5.94. The molecular weight excluding hydrogens is 257 g/mol. The summed E-state index contributed by atoms with van der Waals surface area (Å²) in [7, 11) is 2.72. The second-order valence-electron chi connectivity index (χ2n) is 4.92. The Labute approximate surface area is 117 Å². The van der Waals surface area contributed by atoms with Crippen molar-refractivity contribution in [1.29, 1.82) is 0 Å². The molecule has 0 aliphatic carbocycles. The minimum Gasteiger partial charge on any atom is -0.486 e. The van der Waals surface area contributed by atoms with Crippen LogP contribution in [0.15, 0.2) is 24.3 Å². The molecule has 2 heterocycles. The molecule has 2 aliphatic heterocycles. The summed E-state index contributed by atoms with van der Waals surface area (Å²) in [5, 5.41) is 0. The van der Waals surface area contributed by atoms with Crippen LogP contribution in [0.25, 0.3) is 0 Å². The zero-order valence-electron chi connectivity index (χ0n) is 11.7. The van der Waals surface area contributed by atoms with Crippen LogP contribution in [0, 0.1) is 0 Å². The fraction of sp³-hybridized carbons (Fsp3) is 0.533. The third-order valence-corrected chi connectivity index (χ3v) is 4.22. The molecule has 0 saturated carbocycles. The third kappa shape index (κ3) is 2.98. The Kier molecular flexibility index (Phi) is 4.59. The largest absolute Gasteiger partial charge is 0.486 e. The van der Waals surface area contributed by atoms with Crippen molar-refractivity contribution in [3.8, 4) is 5.75 Å². The van der Waals surface area contributed by atoms with Crippen molar-refractivity contribution in [2.24, 2.45) is 0 Å². The highest BCUT2D eigenvalue weighted by Gasteiger charge is 2.42. The zero-order chi connectivity index (χ0) is 13.9. The van der Waals surface area contributed by atoms with Crippen molar-refractivity contribution >= 4 is 15.2 Å². The molecule has 1 saturated heterocycles. The van der Waals surface area contributed by atoms with Gasteiger partial charge in [0.1, 0.15) is 11.4 Å². The van der Waals surface area contributed by atoms with Crippen LogP contribution in [0.3, 0.4) is 0 Å². The third-order valence-electron chi connectivity index (χ3n) is 3.71. The Morgan fingerprint density at radius 3 is 2.53 bits per heavy atom. The fourth-order valence-corrected chi connectivity index (χ4v) is 2.91. The maximum absolute atomic E-state index is 12.1. The molecule has 1 spiro atoms. The lowest BCUT2D eigenvalue weighted by molar-refractivity contribution is 0.00709. The first-order valence-electron chi connectivity index (χ1n) is 6.99. The Balaban J connectivity index is 0.000000637. The average molecular weight is 279 g/mol. The number of carbonyl (C=O) groups excluding carboxylic acids is 1. The standard InChI is InChI=1S/C13H16NO2P.C2H6/c15-11-9-13(5-7-14(17)8-6-13)16-12-4-2-1-3-10(11)12;1-2/h1-4H,5-9,17H2;1-2H3. The monoisotopic (exact) mass is 279 g/mol. The van der Waals surface area contributed by atoms with Gasteiger partial charge in [-0.15, -0.1) is 0 Å². The maximum Gasteiger partial charge on any atom is 0.170 e. The lowest BCUT2D eigenvalue weighted by Crippen LogP contribution is -2.48. The van der Waals surface area contributed by atoms with Crippen LogP contribution in [0.4, 0.5) is 0 Å². The molecule has 0 aromatic heterocycles. The molecule has 104 valence electrons. The van der Waals surface area contributed by atoms with Gasteiger partial charge in [-0.2, -0.15) is 0 Å². The van der Waals surface area contributed by atoms with E-state index in [2.05, 4.69) is 14.1 Å². The number of Topliss-reactive ketones (excluding diaryl/α,β-unsaturated/α-hetero) is 1. The number of nitrogens with zero attached hydrogens (tertiary/aromatic N) is 1. The Hall–Kier alpha value is -0.920. The van der Waals surface area contributed by atoms with Crippen LogP contribution in [0.2, 0.25) is 0 Å². The number of piperidine rings is 1. The van der Waals surface area contributed by atoms with Crippen molar-refractivity contribution in [1.82, 2.24) is 4.67 Å². The summed E-state index contributed by atoms with van der Waals surface area (Å²) in [5.74, 6) is 0.991. The number of hydrogen-bond donors (Lipinski definition) is 0. The highest BCUT2D eigenvalue weighted by atomic mass is 31.0. The summed E-state index contributed by atoms with van der Waals surface area (Å²) in [6, 6.07) is 7.58. The van der Waals surface area contributed by atoms with Gasteiger partial charge in [0.15, 0.2) is 5.78 Å². The van der Waals surface area contributed by atoms with Gasteiger partial charge in [0.2, 0.25) is 0 Å². The number of ether oxygens (including phenoxy) is 1. The quantitative estimate of drug-likeness (QED) is 0.682. The van der Waals surface area contributed by atoms with E-state index in [1.165, 1.54) is 0 Å². The molecular formula is C15H22NO2P. The molecule has 1 aromatic carbocycles. The molecule has 0 bridgehead atoms. The van der Waals surface area contributed by atoms with E-state index < -0.39 is 0 Å². The number of carbonyl (C=O) groups is 1. The molecule has 0 amide bonds. The van der Waals surface area contributed by atoms with Crippen molar-refractivity contribution in [3.05, 3.63) is 29.8 Å². The fourth-order valence-electron chi connectivity index (χ4n) is 2.65. The average Bonchev–Trinajstić information content (AvgIpc) is 2.45. The number of hydrogen-bond acceptors (Lipinski definition) is 3. The van der Waals surface area contributed by atoms with E-state index in [1.54, 1.807) is 0 Å². The number of rotatable bonds is 0. The van der Waals surface area contributed by atoms with Crippen molar-refractivity contribution in [3.63, 3.8) is 0 Å². The minimum atomic E-state index is -0.251. The minimum absolute atomic E-state index is 0.226. The van der Waals surface area contributed by atoms with Gasteiger partial charge >= 0.3 is 0 Å². The summed E-state index contributed by atoms with van der Waals surface area (Å²) in [4.78, 5) is 12.1. The summed E-state index contributed by atoms with van der Waals surface area (Å²) >= 11 is 0. The van der Waals surface area contributed by atoms with Crippen LogP contribution in [-0.4, -0.2) is 29.1 Å². The molecule has 1 fully saturated rings. The molecule has 0 radical (unpaired) electrons. The predicted octanol–water partition coefficient (Wildman–Crippen LogP) is 3.30. The summed E-state index contributed by atoms with van der Waals surface area (Å²) in [6.07, 6.45) is 2.38. The number of fused-ring (bicyclic) bond motifs is 1. The smallest absolute Gasteiger partial charge is 0.170 e. The lowest BCUT2D eigenvalue weighted by atomic mass is 9.83. The van der Waals surface area contributed by atoms with E-state index in [0.717, 1.165) is 37.2 Å². The number of benzene rings is 1. The van der Waals surface area contributed by atoms with E-state index in [-0.39, 0.29) is 11.4 Å². The van der Waals surface area contributed by atoms with Crippen molar-refractivity contribution < 1.29 is 9.53 Å². The molecule has 1 atom stereocenters. The highest BCUT2D eigenvalue weighted by Crippen LogP contribution is 2.39. The Morgan fingerprint density at radius 1 is 1.21 bits per heavy atom. The van der Waals surface area contributed by atoms with Crippen LogP contribution in [0.5, 0.6) is 5.75 Å². The van der Waals surface area contributed by atoms with Gasteiger partial charge in [-0.1, -0.05) is 35.4 Å². The molecule has 4 heteroatoms. The summed E-state index contributed by atoms with van der Waals surface area (Å²) < 4.78 is 8.33.